The lowest BCUT2D eigenvalue weighted by Gasteiger charge is -2.09. The van der Waals surface area contributed by atoms with Crippen molar-refractivity contribution in [3.8, 4) is 17.3 Å². The van der Waals surface area contributed by atoms with Gasteiger partial charge in [0.05, 0.1) is 11.3 Å². The quantitative estimate of drug-likeness (QED) is 0.575. The summed E-state index contributed by atoms with van der Waals surface area (Å²) in [6.45, 7) is 1.93. The number of aryl methyl sites for hydroxylation is 2. The summed E-state index contributed by atoms with van der Waals surface area (Å²) < 4.78 is 1.62. The van der Waals surface area contributed by atoms with E-state index in [2.05, 4.69) is 31.4 Å². The number of aromatic amines is 1. The minimum atomic E-state index is 0.494. The van der Waals surface area contributed by atoms with Gasteiger partial charge < -0.3 is 10.3 Å². The Labute approximate surface area is 154 Å². The van der Waals surface area contributed by atoms with Gasteiger partial charge in [-0.3, -0.25) is 9.67 Å². The van der Waals surface area contributed by atoms with Crippen molar-refractivity contribution in [2.45, 2.75) is 6.92 Å². The van der Waals surface area contributed by atoms with Crippen molar-refractivity contribution in [1.82, 2.24) is 24.7 Å². The fraction of sp³-hybridized carbons (Fsp3) is 0.111. The van der Waals surface area contributed by atoms with Gasteiger partial charge in [0.25, 0.3) is 0 Å². The molecule has 0 radical (unpaired) electrons. The van der Waals surface area contributed by atoms with E-state index in [4.69, 9.17) is 11.6 Å². The van der Waals surface area contributed by atoms with Crippen LogP contribution in [0.1, 0.15) is 11.3 Å². The third-order valence-electron chi connectivity index (χ3n) is 3.96. The second-order valence-electron chi connectivity index (χ2n) is 5.88. The smallest absolute Gasteiger partial charge is 0.172 e. The van der Waals surface area contributed by atoms with Gasteiger partial charge in [-0.1, -0.05) is 17.7 Å². The van der Waals surface area contributed by atoms with E-state index in [1.807, 2.05) is 31.2 Å². The van der Waals surface area contributed by atoms with Crippen molar-refractivity contribution in [3.05, 3.63) is 52.9 Å². The number of rotatable bonds is 3. The molecule has 0 bridgehead atoms. The third kappa shape index (κ3) is 2.76. The Hall–Kier alpha value is -3.37. The zero-order valence-electron chi connectivity index (χ0n) is 14.1. The lowest BCUT2D eigenvalue weighted by atomic mass is 10.1. The van der Waals surface area contributed by atoms with Crippen LogP contribution in [0, 0.1) is 18.3 Å². The maximum absolute atomic E-state index is 9.43. The van der Waals surface area contributed by atoms with Crippen molar-refractivity contribution < 1.29 is 0 Å². The molecule has 0 atom stereocenters. The summed E-state index contributed by atoms with van der Waals surface area (Å²) in [5.41, 5.74) is 3.59. The number of H-pyrrole nitrogens is 1. The van der Waals surface area contributed by atoms with E-state index in [0.29, 0.717) is 27.9 Å². The second-order valence-corrected chi connectivity index (χ2v) is 6.29. The number of hydrogen-bond acceptors (Lipinski definition) is 5. The summed E-state index contributed by atoms with van der Waals surface area (Å²) in [7, 11) is 1.79. The molecule has 4 aromatic rings. The number of aromatic nitrogens is 5. The van der Waals surface area contributed by atoms with Crippen LogP contribution in [0.15, 0.2) is 36.7 Å². The molecule has 0 saturated carbocycles. The number of halogens is 1. The highest BCUT2D eigenvalue weighted by Crippen LogP contribution is 2.33. The summed E-state index contributed by atoms with van der Waals surface area (Å²) in [6.07, 6.45) is 3.35. The van der Waals surface area contributed by atoms with E-state index in [1.165, 1.54) is 0 Å². The minimum Gasteiger partial charge on any atom is -0.345 e. The number of nitrogens with one attached hydrogen (secondary N) is 2. The maximum Gasteiger partial charge on any atom is 0.172 e. The van der Waals surface area contributed by atoms with Crippen LogP contribution >= 0.6 is 11.6 Å². The lowest BCUT2D eigenvalue weighted by molar-refractivity contribution is 0.771. The summed E-state index contributed by atoms with van der Waals surface area (Å²) in [5, 5.41) is 18.1. The van der Waals surface area contributed by atoms with Gasteiger partial charge in [-0.2, -0.15) is 10.4 Å². The van der Waals surface area contributed by atoms with Gasteiger partial charge in [-0.15, -0.1) is 0 Å². The first-order chi connectivity index (χ1) is 12.5. The SMILES string of the molecule is Cc1cccc(-c2cc(Nc3nn(C)cc3Cl)nc3[nH]cc(C#N)c23)n1. The van der Waals surface area contributed by atoms with Crippen molar-refractivity contribution in [1.29, 1.82) is 5.26 Å². The van der Waals surface area contributed by atoms with E-state index in [0.717, 1.165) is 22.3 Å². The Kier molecular flexibility index (Phi) is 3.82. The average Bonchev–Trinajstić information content (AvgIpc) is 3.16. The Morgan fingerprint density at radius 2 is 2.15 bits per heavy atom. The molecule has 0 fully saturated rings. The molecule has 0 aliphatic heterocycles. The molecular formula is C18H14ClN7. The van der Waals surface area contributed by atoms with Gasteiger partial charge in [-0.25, -0.2) is 4.98 Å². The molecule has 0 aliphatic rings. The summed E-state index contributed by atoms with van der Waals surface area (Å²) in [4.78, 5) is 12.2. The monoisotopic (exact) mass is 363 g/mol. The molecule has 0 aromatic carbocycles. The van der Waals surface area contributed by atoms with Gasteiger partial charge >= 0.3 is 0 Å². The first-order valence-corrected chi connectivity index (χ1v) is 8.25. The minimum absolute atomic E-state index is 0.494. The van der Waals surface area contributed by atoms with Crippen LogP contribution < -0.4 is 5.32 Å². The summed E-state index contributed by atoms with van der Waals surface area (Å²) >= 11 is 6.18. The zero-order chi connectivity index (χ0) is 18.3. The standard InChI is InChI=1S/C18H14ClN7/c1-10-4-3-5-14(22-10)12-6-15(23-17-13(19)9-26(2)25-17)24-18-16(12)11(7-20)8-21-18/h3-6,8-9H,1-2H3,(H2,21,23,24,25). The van der Waals surface area contributed by atoms with E-state index >= 15 is 0 Å². The fourth-order valence-corrected chi connectivity index (χ4v) is 3.07. The van der Waals surface area contributed by atoms with Gasteiger partial charge in [0, 0.05) is 36.1 Å². The fourth-order valence-electron chi connectivity index (χ4n) is 2.85. The number of nitriles is 1. The molecule has 7 nitrogen and oxygen atoms in total. The van der Waals surface area contributed by atoms with Gasteiger partial charge in [0.15, 0.2) is 5.82 Å². The first kappa shape index (κ1) is 16.1. The van der Waals surface area contributed by atoms with E-state index in [9.17, 15) is 5.26 Å². The highest BCUT2D eigenvalue weighted by molar-refractivity contribution is 6.33. The number of fused-ring (bicyclic) bond motifs is 1. The molecule has 128 valence electrons. The molecule has 4 heterocycles. The summed E-state index contributed by atoms with van der Waals surface area (Å²) in [5.74, 6) is 1.07. The van der Waals surface area contributed by atoms with Crippen molar-refractivity contribution in [3.63, 3.8) is 0 Å². The van der Waals surface area contributed by atoms with Crippen LogP contribution in [0.5, 0.6) is 0 Å². The molecule has 0 amide bonds. The molecule has 8 heteroatoms. The van der Waals surface area contributed by atoms with Gasteiger partial charge in [0.1, 0.15) is 22.6 Å². The van der Waals surface area contributed by atoms with Crippen LogP contribution in [0.3, 0.4) is 0 Å². The molecule has 4 rings (SSSR count). The van der Waals surface area contributed by atoms with Crippen molar-refractivity contribution in [2.75, 3.05) is 5.32 Å². The molecular weight excluding hydrogens is 350 g/mol. The van der Waals surface area contributed by atoms with Crippen LogP contribution in [-0.4, -0.2) is 24.7 Å². The van der Waals surface area contributed by atoms with Crippen LogP contribution in [-0.2, 0) is 7.05 Å². The largest absolute Gasteiger partial charge is 0.345 e. The number of hydrogen-bond donors (Lipinski definition) is 2. The Morgan fingerprint density at radius 1 is 1.31 bits per heavy atom. The molecule has 0 spiro atoms. The van der Waals surface area contributed by atoms with E-state index in [1.54, 1.807) is 24.1 Å². The molecule has 0 saturated heterocycles. The predicted molar refractivity (Wildman–Crippen MR) is 100 cm³/mol. The third-order valence-corrected chi connectivity index (χ3v) is 4.23. The second kappa shape index (κ2) is 6.17. The average molecular weight is 364 g/mol. The van der Waals surface area contributed by atoms with Crippen LogP contribution in [0.4, 0.5) is 11.6 Å². The zero-order valence-corrected chi connectivity index (χ0v) is 14.8. The van der Waals surface area contributed by atoms with Crippen LogP contribution in [0.2, 0.25) is 5.02 Å². The maximum atomic E-state index is 9.43. The number of anilines is 2. The molecule has 26 heavy (non-hydrogen) atoms. The highest BCUT2D eigenvalue weighted by atomic mass is 35.5. The molecule has 4 aromatic heterocycles. The van der Waals surface area contributed by atoms with Gasteiger partial charge in [0.2, 0.25) is 0 Å². The number of nitrogens with zero attached hydrogens (tertiary/aromatic N) is 5. The highest BCUT2D eigenvalue weighted by Gasteiger charge is 2.16. The molecule has 0 unspecified atom stereocenters. The Morgan fingerprint density at radius 3 is 2.85 bits per heavy atom. The Balaban J connectivity index is 1.91. The molecule has 2 N–H and O–H groups in total. The molecule has 0 aliphatic carbocycles. The first-order valence-electron chi connectivity index (χ1n) is 7.87. The van der Waals surface area contributed by atoms with Crippen LogP contribution in [0.25, 0.3) is 22.3 Å². The van der Waals surface area contributed by atoms with Gasteiger partial charge in [-0.05, 0) is 25.1 Å². The van der Waals surface area contributed by atoms with E-state index in [-0.39, 0.29) is 0 Å². The predicted octanol–water partition coefficient (Wildman–Crippen LogP) is 3.94. The number of pyridine rings is 2. The lowest BCUT2D eigenvalue weighted by Crippen LogP contribution is -1.98. The normalized spacial score (nSPS) is 10.8. The van der Waals surface area contributed by atoms with Crippen molar-refractivity contribution in [2.24, 2.45) is 7.05 Å². The topological polar surface area (TPSA) is 95.2 Å². The summed E-state index contributed by atoms with van der Waals surface area (Å²) in [6, 6.07) is 9.82. The van der Waals surface area contributed by atoms with E-state index < -0.39 is 0 Å². The Bertz CT molecular complexity index is 1170. The van der Waals surface area contributed by atoms with Crippen molar-refractivity contribution >= 4 is 34.3 Å².